The number of pyridine rings is 1. The number of nitrogens with zero attached hydrogens (tertiary/aromatic N) is 3. The lowest BCUT2D eigenvalue weighted by Crippen LogP contribution is -2.29. The van der Waals surface area contributed by atoms with Crippen molar-refractivity contribution in [3.8, 4) is 5.82 Å². The molecule has 28 heavy (non-hydrogen) atoms. The predicted octanol–water partition coefficient (Wildman–Crippen LogP) is 3.37. The Kier molecular flexibility index (Phi) is 4.79. The monoisotopic (exact) mass is 438 g/mol. The highest BCUT2D eigenvalue weighted by Crippen LogP contribution is 2.23. The number of aromatic nitrogens is 3. The lowest BCUT2D eigenvalue weighted by atomic mass is 10.1. The van der Waals surface area contributed by atoms with Gasteiger partial charge in [-0.1, -0.05) is 15.9 Å². The first-order valence-corrected chi connectivity index (χ1v) is 9.28. The van der Waals surface area contributed by atoms with Gasteiger partial charge in [0.1, 0.15) is 11.1 Å². The fourth-order valence-electron chi connectivity index (χ4n) is 2.96. The second kappa shape index (κ2) is 7.40. The van der Waals surface area contributed by atoms with E-state index < -0.39 is 11.5 Å². The van der Waals surface area contributed by atoms with Gasteiger partial charge in [-0.05, 0) is 54.4 Å². The first-order chi connectivity index (χ1) is 13.5. The summed E-state index contributed by atoms with van der Waals surface area (Å²) in [5, 5.41) is 7.63. The molecule has 140 valence electrons. The molecule has 0 aliphatic carbocycles. The molecule has 4 aromatic rings. The predicted molar refractivity (Wildman–Crippen MR) is 107 cm³/mol. The zero-order valence-electron chi connectivity index (χ0n) is 14.8. The smallest absolute Gasteiger partial charge is 0.349 e. The Morgan fingerprint density at radius 2 is 2.11 bits per heavy atom. The summed E-state index contributed by atoms with van der Waals surface area (Å²) in [6.45, 7) is 1.98. The van der Waals surface area contributed by atoms with Gasteiger partial charge < -0.3 is 9.73 Å². The van der Waals surface area contributed by atoms with Crippen molar-refractivity contribution in [3.05, 3.63) is 86.6 Å². The van der Waals surface area contributed by atoms with Crippen LogP contribution in [-0.4, -0.2) is 20.7 Å². The summed E-state index contributed by atoms with van der Waals surface area (Å²) in [4.78, 5) is 29.3. The van der Waals surface area contributed by atoms with Crippen LogP contribution in [0.2, 0.25) is 0 Å². The van der Waals surface area contributed by atoms with E-state index in [2.05, 4.69) is 31.3 Å². The van der Waals surface area contributed by atoms with Crippen molar-refractivity contribution in [3.63, 3.8) is 0 Å². The zero-order chi connectivity index (χ0) is 19.7. The van der Waals surface area contributed by atoms with Crippen LogP contribution >= 0.6 is 15.9 Å². The minimum Gasteiger partial charge on any atom is -0.422 e. The minimum absolute atomic E-state index is 0.00644. The maximum Gasteiger partial charge on any atom is 0.349 e. The fraction of sp³-hybridized carbons (Fsp3) is 0.100. The van der Waals surface area contributed by atoms with Crippen molar-refractivity contribution in [1.29, 1.82) is 0 Å². The summed E-state index contributed by atoms with van der Waals surface area (Å²) >= 11 is 3.40. The molecule has 1 amide bonds. The number of fused-ring (bicyclic) bond motifs is 1. The van der Waals surface area contributed by atoms with E-state index in [1.54, 1.807) is 54.5 Å². The molecule has 0 aliphatic heterocycles. The molecule has 3 heterocycles. The number of halogens is 1. The summed E-state index contributed by atoms with van der Waals surface area (Å²) in [6.07, 6.45) is 5.09. The molecule has 1 N–H and O–H groups in total. The second-order valence-corrected chi connectivity index (χ2v) is 7.10. The van der Waals surface area contributed by atoms with Crippen LogP contribution in [0.1, 0.15) is 21.5 Å². The largest absolute Gasteiger partial charge is 0.422 e. The number of amides is 1. The number of carbonyl (C=O) groups is 1. The van der Waals surface area contributed by atoms with Crippen LogP contribution in [0.25, 0.3) is 16.8 Å². The first kappa shape index (κ1) is 18.1. The molecule has 0 saturated carbocycles. The topological polar surface area (TPSA) is 90.0 Å². The quantitative estimate of drug-likeness (QED) is 0.493. The van der Waals surface area contributed by atoms with E-state index in [0.717, 1.165) is 10.0 Å². The minimum atomic E-state index is -0.656. The summed E-state index contributed by atoms with van der Waals surface area (Å²) < 4.78 is 7.78. The first-order valence-electron chi connectivity index (χ1n) is 8.49. The summed E-state index contributed by atoms with van der Waals surface area (Å²) in [7, 11) is 0. The van der Waals surface area contributed by atoms with Gasteiger partial charge in [0, 0.05) is 35.0 Å². The number of benzene rings is 1. The summed E-state index contributed by atoms with van der Waals surface area (Å²) in [5.41, 5.74) is 1.21. The van der Waals surface area contributed by atoms with E-state index in [0.29, 0.717) is 22.4 Å². The molecule has 0 atom stereocenters. The van der Waals surface area contributed by atoms with Crippen molar-refractivity contribution in [2.45, 2.75) is 13.5 Å². The maximum absolute atomic E-state index is 12.7. The molecule has 4 rings (SSSR count). The Morgan fingerprint density at radius 3 is 2.89 bits per heavy atom. The van der Waals surface area contributed by atoms with Gasteiger partial charge in [0.2, 0.25) is 0 Å². The van der Waals surface area contributed by atoms with Gasteiger partial charge in [0.15, 0.2) is 5.82 Å². The van der Waals surface area contributed by atoms with Gasteiger partial charge in [-0.2, -0.15) is 5.10 Å². The van der Waals surface area contributed by atoms with E-state index >= 15 is 0 Å². The number of hydrogen-bond donors (Lipinski definition) is 1. The van der Waals surface area contributed by atoms with Gasteiger partial charge in [-0.25, -0.2) is 14.5 Å². The van der Waals surface area contributed by atoms with Gasteiger partial charge in [0.25, 0.3) is 5.91 Å². The van der Waals surface area contributed by atoms with Crippen molar-refractivity contribution < 1.29 is 9.21 Å². The number of rotatable bonds is 4. The van der Waals surface area contributed by atoms with Gasteiger partial charge in [0.05, 0.1) is 0 Å². The van der Waals surface area contributed by atoms with E-state index in [-0.39, 0.29) is 12.1 Å². The van der Waals surface area contributed by atoms with Crippen molar-refractivity contribution in [2.24, 2.45) is 0 Å². The van der Waals surface area contributed by atoms with Crippen LogP contribution in [0.4, 0.5) is 0 Å². The molecule has 7 nitrogen and oxygen atoms in total. The molecule has 0 spiro atoms. The number of aryl methyl sites for hydroxylation is 1. The van der Waals surface area contributed by atoms with Gasteiger partial charge in [-0.15, -0.1) is 0 Å². The third-order valence-electron chi connectivity index (χ3n) is 4.36. The molecule has 0 fully saturated rings. The van der Waals surface area contributed by atoms with Crippen LogP contribution in [0, 0.1) is 6.92 Å². The second-order valence-electron chi connectivity index (χ2n) is 6.19. The molecule has 0 radical (unpaired) electrons. The van der Waals surface area contributed by atoms with Crippen LogP contribution in [0.15, 0.2) is 68.7 Å². The Morgan fingerprint density at radius 1 is 1.25 bits per heavy atom. The van der Waals surface area contributed by atoms with Crippen LogP contribution in [-0.2, 0) is 6.54 Å². The summed E-state index contributed by atoms with van der Waals surface area (Å²) in [5.74, 6) is 0.161. The van der Waals surface area contributed by atoms with Crippen LogP contribution in [0.5, 0.6) is 0 Å². The molecular formula is C20H15BrN4O3. The highest BCUT2D eigenvalue weighted by molar-refractivity contribution is 9.10. The lowest BCUT2D eigenvalue weighted by molar-refractivity contribution is 0.0946. The molecule has 0 bridgehead atoms. The fourth-order valence-corrected chi connectivity index (χ4v) is 3.32. The Balaban J connectivity index is 1.59. The van der Waals surface area contributed by atoms with Crippen molar-refractivity contribution in [2.75, 3.05) is 0 Å². The molecule has 0 unspecified atom stereocenters. The van der Waals surface area contributed by atoms with Gasteiger partial charge >= 0.3 is 5.63 Å². The molecule has 0 aliphatic rings. The molecule has 3 aromatic heterocycles. The normalized spacial score (nSPS) is 10.9. The Bertz CT molecular complexity index is 1230. The standard InChI is InChI=1S/C20H15BrN4O3/c1-12-15-10-14(21)3-4-16(15)28-20(27)18(12)19(26)23-11-13-5-7-22-17(9-13)25-8-2-6-24-25/h2-10H,11H2,1H3,(H,23,26). The van der Waals surface area contributed by atoms with E-state index in [1.807, 2.05) is 12.1 Å². The maximum atomic E-state index is 12.7. The Hall–Kier alpha value is -3.26. The number of nitrogens with one attached hydrogen (secondary N) is 1. The molecule has 1 aromatic carbocycles. The van der Waals surface area contributed by atoms with E-state index in [1.165, 1.54) is 0 Å². The van der Waals surface area contributed by atoms with E-state index in [9.17, 15) is 9.59 Å². The number of hydrogen-bond acceptors (Lipinski definition) is 5. The zero-order valence-corrected chi connectivity index (χ0v) is 16.4. The van der Waals surface area contributed by atoms with Crippen molar-refractivity contribution in [1.82, 2.24) is 20.1 Å². The van der Waals surface area contributed by atoms with Crippen molar-refractivity contribution >= 4 is 32.8 Å². The molecule has 0 saturated heterocycles. The van der Waals surface area contributed by atoms with Crippen LogP contribution in [0.3, 0.4) is 0 Å². The third kappa shape index (κ3) is 3.46. The molecule has 8 heteroatoms. The SMILES string of the molecule is Cc1c(C(=O)NCc2ccnc(-n3cccn3)c2)c(=O)oc2ccc(Br)cc12. The van der Waals surface area contributed by atoms with E-state index in [4.69, 9.17) is 4.42 Å². The highest BCUT2D eigenvalue weighted by Gasteiger charge is 2.18. The lowest BCUT2D eigenvalue weighted by Gasteiger charge is -2.10. The number of carbonyl (C=O) groups excluding carboxylic acids is 1. The average Bonchev–Trinajstić information content (AvgIpc) is 3.22. The van der Waals surface area contributed by atoms with Gasteiger partial charge in [-0.3, -0.25) is 4.79 Å². The summed E-state index contributed by atoms with van der Waals surface area (Å²) in [6, 6.07) is 10.7. The van der Waals surface area contributed by atoms with Crippen LogP contribution < -0.4 is 10.9 Å². The average molecular weight is 439 g/mol. The Labute approximate surface area is 168 Å². The highest BCUT2D eigenvalue weighted by atomic mass is 79.9. The third-order valence-corrected chi connectivity index (χ3v) is 4.85. The molecular weight excluding hydrogens is 424 g/mol.